The Kier molecular flexibility index (Phi) is 2.09. The van der Waals surface area contributed by atoms with Crippen molar-refractivity contribution < 1.29 is 4.74 Å². The molecule has 1 N–H and O–H groups in total. The fourth-order valence-corrected chi connectivity index (χ4v) is 2.61. The highest BCUT2D eigenvalue weighted by atomic mass is 16.5. The molecule has 0 saturated heterocycles. The zero-order chi connectivity index (χ0) is 12.2. The van der Waals surface area contributed by atoms with Crippen LogP contribution < -0.4 is 15.0 Å². The van der Waals surface area contributed by atoms with Gasteiger partial charge in [-0.15, -0.1) is 0 Å². The fraction of sp³-hybridized carbons (Fsp3) is 0.571. The predicted molar refractivity (Wildman–Crippen MR) is 71.1 cm³/mol. The maximum absolute atomic E-state index is 5.82. The van der Waals surface area contributed by atoms with Crippen molar-refractivity contribution in [3.05, 3.63) is 17.7 Å². The smallest absolute Gasteiger partial charge is 0.145 e. The van der Waals surface area contributed by atoms with E-state index < -0.39 is 0 Å². The predicted octanol–water partition coefficient (Wildman–Crippen LogP) is 2.95. The summed E-state index contributed by atoms with van der Waals surface area (Å²) < 4.78 is 5.82. The summed E-state index contributed by atoms with van der Waals surface area (Å²) in [5, 5.41) is 3.54. The number of benzene rings is 1. The van der Waals surface area contributed by atoms with Crippen molar-refractivity contribution in [2.75, 3.05) is 23.4 Å². The molecule has 2 aliphatic heterocycles. The molecule has 2 heterocycles. The van der Waals surface area contributed by atoms with Crippen LogP contribution in [0.1, 0.15) is 33.3 Å². The molecular weight excluding hydrogens is 212 g/mol. The standard InChI is InChI=1S/C14H20N2O/c1-9-15-11-7-10(14(2,3)4)8-12-13(11)16(9)5-6-17-12/h7-9,15H,5-6H2,1-4H3. The number of nitrogens with zero attached hydrogens (tertiary/aromatic N) is 1. The molecule has 3 heteroatoms. The third-order valence-corrected chi connectivity index (χ3v) is 3.65. The first kappa shape index (κ1) is 10.8. The lowest BCUT2D eigenvalue weighted by Crippen LogP contribution is -2.38. The Morgan fingerprint density at radius 1 is 1.35 bits per heavy atom. The molecule has 1 aromatic rings. The summed E-state index contributed by atoms with van der Waals surface area (Å²) in [4.78, 5) is 2.39. The third-order valence-electron chi connectivity index (χ3n) is 3.65. The van der Waals surface area contributed by atoms with E-state index in [4.69, 9.17) is 4.74 Å². The van der Waals surface area contributed by atoms with Crippen LogP contribution in [0.3, 0.4) is 0 Å². The van der Waals surface area contributed by atoms with Crippen LogP contribution in [0, 0.1) is 0 Å². The molecule has 1 atom stereocenters. The van der Waals surface area contributed by atoms with Crippen molar-refractivity contribution >= 4 is 11.4 Å². The summed E-state index contributed by atoms with van der Waals surface area (Å²) in [6, 6.07) is 4.47. The van der Waals surface area contributed by atoms with Crippen LogP contribution in [0.5, 0.6) is 5.75 Å². The van der Waals surface area contributed by atoms with Crippen molar-refractivity contribution in [1.82, 2.24) is 0 Å². The fourth-order valence-electron chi connectivity index (χ4n) is 2.61. The minimum absolute atomic E-state index is 0.157. The normalized spacial score (nSPS) is 21.9. The van der Waals surface area contributed by atoms with Gasteiger partial charge in [0.25, 0.3) is 0 Å². The molecule has 3 nitrogen and oxygen atoms in total. The first-order valence-electron chi connectivity index (χ1n) is 6.31. The number of rotatable bonds is 0. The van der Waals surface area contributed by atoms with Crippen molar-refractivity contribution in [1.29, 1.82) is 0 Å². The van der Waals surface area contributed by atoms with Gasteiger partial charge in [-0.3, -0.25) is 0 Å². The molecule has 92 valence electrons. The van der Waals surface area contributed by atoms with Gasteiger partial charge in [-0.05, 0) is 30.0 Å². The second-order valence-corrected chi connectivity index (χ2v) is 5.98. The summed E-state index contributed by atoms with van der Waals surface area (Å²) in [6.07, 6.45) is 0.378. The van der Waals surface area contributed by atoms with Crippen molar-refractivity contribution in [3.8, 4) is 5.75 Å². The second-order valence-electron chi connectivity index (χ2n) is 5.98. The van der Waals surface area contributed by atoms with Gasteiger partial charge in [0.05, 0.1) is 18.4 Å². The minimum Gasteiger partial charge on any atom is -0.489 e. The monoisotopic (exact) mass is 232 g/mol. The zero-order valence-corrected chi connectivity index (χ0v) is 11.0. The van der Waals surface area contributed by atoms with Crippen LogP contribution in [0.25, 0.3) is 0 Å². The van der Waals surface area contributed by atoms with Crippen molar-refractivity contribution in [2.45, 2.75) is 39.3 Å². The number of hydrogen-bond donors (Lipinski definition) is 1. The molecule has 0 aliphatic carbocycles. The van der Waals surface area contributed by atoms with Gasteiger partial charge in [0.2, 0.25) is 0 Å². The highest BCUT2D eigenvalue weighted by Gasteiger charge is 2.33. The molecular formula is C14H20N2O. The van der Waals surface area contributed by atoms with E-state index in [1.165, 1.54) is 16.9 Å². The molecule has 17 heavy (non-hydrogen) atoms. The Hall–Kier alpha value is -1.38. The van der Waals surface area contributed by atoms with E-state index in [0.717, 1.165) is 18.9 Å². The maximum Gasteiger partial charge on any atom is 0.145 e. The lowest BCUT2D eigenvalue weighted by molar-refractivity contribution is 0.306. The second kappa shape index (κ2) is 3.31. The molecule has 0 saturated carbocycles. The minimum atomic E-state index is 0.157. The number of hydrogen-bond acceptors (Lipinski definition) is 3. The summed E-state index contributed by atoms with van der Waals surface area (Å²) in [5.41, 5.74) is 3.95. The van der Waals surface area contributed by atoms with E-state index in [-0.39, 0.29) is 5.41 Å². The SMILES string of the molecule is CC1Nc2cc(C(C)(C)C)cc3c2N1CCO3. The Bertz CT molecular complexity index is 462. The molecule has 1 unspecified atom stereocenters. The van der Waals surface area contributed by atoms with Gasteiger partial charge in [0.15, 0.2) is 0 Å². The number of anilines is 2. The van der Waals surface area contributed by atoms with Gasteiger partial charge in [0, 0.05) is 0 Å². The lowest BCUT2D eigenvalue weighted by atomic mass is 9.86. The summed E-state index contributed by atoms with van der Waals surface area (Å²) in [6.45, 7) is 10.7. The Morgan fingerprint density at radius 3 is 2.82 bits per heavy atom. The first-order valence-corrected chi connectivity index (χ1v) is 6.31. The molecule has 0 aromatic heterocycles. The maximum atomic E-state index is 5.82. The van der Waals surface area contributed by atoms with E-state index >= 15 is 0 Å². The average molecular weight is 232 g/mol. The summed E-state index contributed by atoms with van der Waals surface area (Å²) in [7, 11) is 0. The van der Waals surface area contributed by atoms with Crippen LogP contribution in [-0.4, -0.2) is 19.3 Å². The van der Waals surface area contributed by atoms with Crippen molar-refractivity contribution in [2.24, 2.45) is 0 Å². The van der Waals surface area contributed by atoms with Gasteiger partial charge in [-0.2, -0.15) is 0 Å². The quantitative estimate of drug-likeness (QED) is 0.744. The van der Waals surface area contributed by atoms with Crippen molar-refractivity contribution in [3.63, 3.8) is 0 Å². The molecule has 0 spiro atoms. The van der Waals surface area contributed by atoms with Gasteiger partial charge in [-0.25, -0.2) is 0 Å². The zero-order valence-electron chi connectivity index (χ0n) is 11.0. The van der Waals surface area contributed by atoms with Crippen LogP contribution in [0.2, 0.25) is 0 Å². The molecule has 0 fully saturated rings. The van der Waals surface area contributed by atoms with Gasteiger partial charge in [-0.1, -0.05) is 20.8 Å². The van der Waals surface area contributed by atoms with Crippen LogP contribution in [0.4, 0.5) is 11.4 Å². The van der Waals surface area contributed by atoms with E-state index in [1.54, 1.807) is 0 Å². The average Bonchev–Trinajstić information content (AvgIpc) is 2.56. The van der Waals surface area contributed by atoms with Gasteiger partial charge < -0.3 is 15.0 Å². The van der Waals surface area contributed by atoms with E-state index in [1.807, 2.05) is 0 Å². The van der Waals surface area contributed by atoms with E-state index in [2.05, 4.69) is 50.0 Å². The van der Waals surface area contributed by atoms with Crippen LogP contribution in [-0.2, 0) is 5.41 Å². The largest absolute Gasteiger partial charge is 0.489 e. The highest BCUT2D eigenvalue weighted by Crippen LogP contribution is 2.46. The highest BCUT2D eigenvalue weighted by molar-refractivity contribution is 5.83. The molecule has 0 radical (unpaired) electrons. The summed E-state index contributed by atoms with van der Waals surface area (Å²) in [5.74, 6) is 1.04. The summed E-state index contributed by atoms with van der Waals surface area (Å²) >= 11 is 0. The molecule has 0 bridgehead atoms. The number of ether oxygens (including phenoxy) is 1. The molecule has 0 amide bonds. The molecule has 2 aliphatic rings. The Morgan fingerprint density at radius 2 is 2.12 bits per heavy atom. The van der Waals surface area contributed by atoms with Crippen LogP contribution in [0.15, 0.2) is 12.1 Å². The van der Waals surface area contributed by atoms with Crippen LogP contribution >= 0.6 is 0 Å². The first-order chi connectivity index (χ1) is 7.97. The van der Waals surface area contributed by atoms with E-state index in [0.29, 0.717) is 6.17 Å². The topological polar surface area (TPSA) is 24.5 Å². The van der Waals surface area contributed by atoms with Gasteiger partial charge >= 0.3 is 0 Å². The van der Waals surface area contributed by atoms with Gasteiger partial charge in [0.1, 0.15) is 18.0 Å². The van der Waals surface area contributed by atoms with E-state index in [9.17, 15) is 0 Å². The molecule has 3 rings (SSSR count). The Balaban J connectivity index is 2.15. The lowest BCUT2D eigenvalue weighted by Gasteiger charge is -2.30. The Labute approximate surface area is 103 Å². The number of nitrogens with one attached hydrogen (secondary N) is 1. The molecule has 1 aromatic carbocycles. The third kappa shape index (κ3) is 1.56.